The molecule has 0 saturated carbocycles. The van der Waals surface area contributed by atoms with Crippen LogP contribution in [0.3, 0.4) is 0 Å². The van der Waals surface area contributed by atoms with Crippen LogP contribution in [0.25, 0.3) is 0 Å². The lowest BCUT2D eigenvalue weighted by molar-refractivity contribution is -0.117. The lowest BCUT2D eigenvalue weighted by Gasteiger charge is -2.14. The van der Waals surface area contributed by atoms with Crippen LogP contribution in [0.1, 0.15) is 57.0 Å². The number of nitrogens with one attached hydrogen (secondary N) is 1. The van der Waals surface area contributed by atoms with E-state index in [-0.39, 0.29) is 23.4 Å². The molecule has 25 heavy (non-hydrogen) atoms. The van der Waals surface area contributed by atoms with Gasteiger partial charge in [0.1, 0.15) is 6.54 Å². The monoisotopic (exact) mass is 360 g/mol. The van der Waals surface area contributed by atoms with Crippen LogP contribution in [0.15, 0.2) is 16.2 Å². The predicted octanol–water partition coefficient (Wildman–Crippen LogP) is 2.90. The van der Waals surface area contributed by atoms with Gasteiger partial charge < -0.3 is 5.32 Å². The van der Waals surface area contributed by atoms with Gasteiger partial charge >= 0.3 is 0 Å². The minimum Gasteiger partial charge on any atom is -0.300 e. The highest BCUT2D eigenvalue weighted by molar-refractivity contribution is 7.13. The van der Waals surface area contributed by atoms with Gasteiger partial charge in [0.05, 0.1) is 11.4 Å². The maximum Gasteiger partial charge on any atom is 0.267 e. The molecule has 3 rings (SSSR count). The molecule has 0 bridgehead atoms. The fourth-order valence-corrected chi connectivity index (χ4v) is 3.81. The molecule has 0 fully saturated rings. The van der Waals surface area contributed by atoms with Crippen LogP contribution in [-0.4, -0.2) is 20.7 Å². The topological polar surface area (TPSA) is 76.9 Å². The van der Waals surface area contributed by atoms with Crippen molar-refractivity contribution in [2.24, 2.45) is 0 Å². The molecule has 7 heteroatoms. The van der Waals surface area contributed by atoms with Gasteiger partial charge in [-0.3, -0.25) is 9.59 Å². The number of fused-ring (bicyclic) bond motifs is 1. The van der Waals surface area contributed by atoms with E-state index < -0.39 is 0 Å². The summed E-state index contributed by atoms with van der Waals surface area (Å²) in [4.78, 5) is 29.0. The maximum absolute atomic E-state index is 12.3. The minimum atomic E-state index is -0.280. The average Bonchev–Trinajstić information content (AvgIpc) is 2.88. The van der Waals surface area contributed by atoms with Crippen molar-refractivity contribution >= 4 is 22.4 Å². The predicted molar refractivity (Wildman–Crippen MR) is 99.2 cm³/mol. The zero-order chi connectivity index (χ0) is 18.0. The molecule has 0 atom stereocenters. The van der Waals surface area contributed by atoms with Crippen molar-refractivity contribution in [1.82, 2.24) is 14.8 Å². The number of thiazole rings is 1. The third-order valence-electron chi connectivity index (χ3n) is 4.34. The van der Waals surface area contributed by atoms with Gasteiger partial charge in [0.25, 0.3) is 5.56 Å². The van der Waals surface area contributed by atoms with Crippen molar-refractivity contribution in [3.63, 3.8) is 0 Å². The van der Waals surface area contributed by atoms with Crippen LogP contribution in [0.4, 0.5) is 5.13 Å². The van der Waals surface area contributed by atoms with Gasteiger partial charge in [-0.1, -0.05) is 27.2 Å². The Labute approximate surface area is 151 Å². The molecule has 2 heterocycles. The summed E-state index contributed by atoms with van der Waals surface area (Å²) in [5, 5.41) is 9.70. The SMILES string of the molecule is CC(C)(C)c1csc(NC(=O)Cn2nc3c(cc2=O)CCCCC3)n1. The van der Waals surface area contributed by atoms with Crippen molar-refractivity contribution in [2.45, 2.75) is 64.8 Å². The molecule has 0 saturated heterocycles. The van der Waals surface area contributed by atoms with Crippen molar-refractivity contribution in [1.29, 1.82) is 0 Å². The van der Waals surface area contributed by atoms with Crippen molar-refractivity contribution < 1.29 is 4.79 Å². The van der Waals surface area contributed by atoms with E-state index in [1.807, 2.05) is 5.38 Å². The van der Waals surface area contributed by atoms with Gasteiger partial charge in [-0.2, -0.15) is 5.10 Å². The molecule has 1 aliphatic rings. The quantitative estimate of drug-likeness (QED) is 0.854. The summed E-state index contributed by atoms with van der Waals surface area (Å²) in [6, 6.07) is 1.64. The summed E-state index contributed by atoms with van der Waals surface area (Å²) in [6.45, 7) is 6.14. The van der Waals surface area contributed by atoms with Gasteiger partial charge in [-0.05, 0) is 31.2 Å². The number of carbonyl (C=O) groups is 1. The van der Waals surface area contributed by atoms with Crippen molar-refractivity contribution in [3.05, 3.63) is 38.8 Å². The number of hydrogen-bond acceptors (Lipinski definition) is 5. The Balaban J connectivity index is 1.72. The zero-order valence-corrected chi connectivity index (χ0v) is 15.8. The minimum absolute atomic E-state index is 0.0605. The smallest absolute Gasteiger partial charge is 0.267 e. The average molecular weight is 360 g/mol. The Morgan fingerprint density at radius 3 is 2.76 bits per heavy atom. The first-order chi connectivity index (χ1) is 11.8. The molecule has 0 aromatic carbocycles. The number of nitrogens with zero attached hydrogens (tertiary/aromatic N) is 3. The van der Waals surface area contributed by atoms with E-state index in [2.05, 4.69) is 36.2 Å². The number of amides is 1. The lowest BCUT2D eigenvalue weighted by atomic mass is 9.93. The molecule has 6 nitrogen and oxygen atoms in total. The Bertz CT molecular complexity index is 832. The van der Waals surface area contributed by atoms with Gasteiger partial charge in [0, 0.05) is 16.9 Å². The fourth-order valence-electron chi connectivity index (χ4n) is 2.86. The standard InChI is InChI=1S/C18H24N4O2S/c1-18(2,3)14-11-25-17(19-14)20-15(23)10-22-16(24)9-12-7-5-4-6-8-13(12)21-22/h9,11H,4-8,10H2,1-3H3,(H,19,20,23). The molecule has 1 amide bonds. The second-order valence-electron chi connectivity index (χ2n) is 7.51. The number of rotatable bonds is 3. The normalized spacial score (nSPS) is 14.7. The molecule has 0 unspecified atom stereocenters. The first kappa shape index (κ1) is 17.8. The number of hydrogen-bond donors (Lipinski definition) is 1. The van der Waals surface area contributed by atoms with Crippen LogP contribution in [0.5, 0.6) is 0 Å². The number of carbonyl (C=O) groups excluding carboxylic acids is 1. The summed E-state index contributed by atoms with van der Waals surface area (Å²) in [5.41, 5.74) is 2.65. The molecule has 2 aromatic rings. The highest BCUT2D eigenvalue weighted by Gasteiger charge is 2.19. The molecule has 1 aliphatic carbocycles. The number of aromatic nitrogens is 3. The summed E-state index contributed by atoms with van der Waals surface area (Å²) >= 11 is 1.39. The van der Waals surface area contributed by atoms with Crippen LogP contribution in [-0.2, 0) is 29.6 Å². The first-order valence-corrected chi connectivity index (χ1v) is 9.57. The van der Waals surface area contributed by atoms with E-state index in [1.54, 1.807) is 6.07 Å². The van der Waals surface area contributed by atoms with E-state index in [0.29, 0.717) is 5.13 Å². The van der Waals surface area contributed by atoms with E-state index in [1.165, 1.54) is 16.0 Å². The van der Waals surface area contributed by atoms with E-state index in [9.17, 15) is 9.59 Å². The summed E-state index contributed by atoms with van der Waals surface area (Å²) in [5.74, 6) is -0.280. The summed E-state index contributed by atoms with van der Waals surface area (Å²) in [6.07, 6.45) is 5.11. The largest absolute Gasteiger partial charge is 0.300 e. The zero-order valence-electron chi connectivity index (χ0n) is 15.0. The highest BCUT2D eigenvalue weighted by Crippen LogP contribution is 2.26. The van der Waals surface area contributed by atoms with E-state index in [0.717, 1.165) is 49.1 Å². The Kier molecular flexibility index (Phi) is 5.03. The summed E-state index contributed by atoms with van der Waals surface area (Å²) < 4.78 is 1.26. The molecule has 0 aliphatic heterocycles. The summed E-state index contributed by atoms with van der Waals surface area (Å²) in [7, 11) is 0. The Morgan fingerprint density at radius 1 is 1.28 bits per heavy atom. The fraction of sp³-hybridized carbons (Fsp3) is 0.556. The van der Waals surface area contributed by atoms with Crippen molar-refractivity contribution in [2.75, 3.05) is 5.32 Å². The Morgan fingerprint density at radius 2 is 2.04 bits per heavy atom. The molecule has 2 aromatic heterocycles. The highest BCUT2D eigenvalue weighted by atomic mass is 32.1. The van der Waals surface area contributed by atoms with Gasteiger partial charge in [0.2, 0.25) is 5.91 Å². The molecule has 1 N–H and O–H groups in total. The van der Waals surface area contributed by atoms with Crippen LogP contribution < -0.4 is 10.9 Å². The number of aryl methyl sites for hydroxylation is 2. The van der Waals surface area contributed by atoms with E-state index >= 15 is 0 Å². The Hall–Kier alpha value is -2.02. The molecular weight excluding hydrogens is 336 g/mol. The van der Waals surface area contributed by atoms with Gasteiger partial charge in [-0.15, -0.1) is 11.3 Å². The first-order valence-electron chi connectivity index (χ1n) is 8.69. The van der Waals surface area contributed by atoms with Crippen LogP contribution in [0, 0.1) is 0 Å². The number of anilines is 1. The van der Waals surface area contributed by atoms with Crippen LogP contribution in [0.2, 0.25) is 0 Å². The van der Waals surface area contributed by atoms with Crippen LogP contribution >= 0.6 is 11.3 Å². The maximum atomic E-state index is 12.3. The third kappa shape index (κ3) is 4.34. The lowest BCUT2D eigenvalue weighted by Crippen LogP contribution is -2.30. The molecule has 134 valence electrons. The molecular formula is C18H24N4O2S. The van der Waals surface area contributed by atoms with Crippen molar-refractivity contribution in [3.8, 4) is 0 Å². The van der Waals surface area contributed by atoms with E-state index in [4.69, 9.17) is 0 Å². The molecule has 0 spiro atoms. The van der Waals surface area contributed by atoms with Gasteiger partial charge in [-0.25, -0.2) is 9.67 Å². The molecule has 0 radical (unpaired) electrons. The second kappa shape index (κ2) is 7.07. The second-order valence-corrected chi connectivity index (χ2v) is 8.37. The van der Waals surface area contributed by atoms with Gasteiger partial charge in [0.15, 0.2) is 5.13 Å². The third-order valence-corrected chi connectivity index (χ3v) is 5.09.